The highest BCUT2D eigenvalue weighted by atomic mass is 35.5. The third-order valence-electron chi connectivity index (χ3n) is 5.61. The van der Waals surface area contributed by atoms with Crippen LogP contribution in [0.2, 0.25) is 10.0 Å². The summed E-state index contributed by atoms with van der Waals surface area (Å²) in [7, 11) is 0. The van der Waals surface area contributed by atoms with Gasteiger partial charge in [0.1, 0.15) is 17.1 Å². The molecule has 1 unspecified atom stereocenters. The first-order valence-corrected chi connectivity index (χ1v) is 12.0. The van der Waals surface area contributed by atoms with E-state index in [0.29, 0.717) is 53.2 Å². The second kappa shape index (κ2) is 11.1. The molecule has 8 nitrogen and oxygen atoms in total. The van der Waals surface area contributed by atoms with Crippen LogP contribution in [-0.2, 0) is 11.2 Å². The highest BCUT2D eigenvalue weighted by molar-refractivity contribution is 6.42. The average Bonchev–Trinajstić information content (AvgIpc) is 2.79. The van der Waals surface area contributed by atoms with Gasteiger partial charge in [0.25, 0.3) is 11.8 Å². The molecule has 2 aromatic rings. The van der Waals surface area contributed by atoms with Gasteiger partial charge in [0, 0.05) is 31.2 Å². The van der Waals surface area contributed by atoms with E-state index >= 15 is 0 Å². The first-order valence-electron chi connectivity index (χ1n) is 11.3. The fourth-order valence-electron chi connectivity index (χ4n) is 4.01. The summed E-state index contributed by atoms with van der Waals surface area (Å²) < 4.78 is 5.21. The molecule has 1 aliphatic heterocycles. The first kappa shape index (κ1) is 25.9. The molecule has 3 rings (SSSR count). The van der Waals surface area contributed by atoms with Crippen LogP contribution >= 0.6 is 23.2 Å². The Bertz CT molecular complexity index is 1110. The molecule has 1 atom stereocenters. The number of hydrogen-bond acceptors (Lipinski definition) is 6. The average molecular weight is 507 g/mol. The molecule has 0 N–H and O–H groups in total. The molecule has 182 valence electrons. The molecular weight excluding hydrogens is 479 g/mol. The summed E-state index contributed by atoms with van der Waals surface area (Å²) in [5, 5.41) is 0.684. The number of aromatic nitrogens is 2. The van der Waals surface area contributed by atoms with Crippen LogP contribution in [0.15, 0.2) is 18.2 Å². The van der Waals surface area contributed by atoms with Crippen LogP contribution in [0, 0.1) is 6.92 Å². The maximum atomic E-state index is 13.5. The van der Waals surface area contributed by atoms with Crippen LogP contribution in [-0.4, -0.2) is 69.8 Å². The minimum Gasteiger partial charge on any atom is -0.462 e. The first-order chi connectivity index (χ1) is 16.2. The minimum absolute atomic E-state index is 0.0471. The van der Waals surface area contributed by atoms with Crippen LogP contribution in [0.25, 0.3) is 0 Å². The Morgan fingerprint density at radius 2 is 1.82 bits per heavy atom. The number of piperazine rings is 1. The summed E-state index contributed by atoms with van der Waals surface area (Å²) in [6.07, 6.45) is 1.28. The van der Waals surface area contributed by atoms with Crippen molar-refractivity contribution in [2.45, 2.75) is 46.6 Å². The number of hydrogen-bond donors (Lipinski definition) is 0. The van der Waals surface area contributed by atoms with E-state index in [0.717, 1.165) is 6.42 Å². The molecular formula is C24H28Cl2N4O4. The van der Waals surface area contributed by atoms with Crippen molar-refractivity contribution in [1.29, 1.82) is 0 Å². The van der Waals surface area contributed by atoms with E-state index in [1.165, 1.54) is 0 Å². The monoisotopic (exact) mass is 506 g/mol. The second-order valence-electron chi connectivity index (χ2n) is 8.14. The number of halogens is 2. The van der Waals surface area contributed by atoms with Gasteiger partial charge in [-0.1, -0.05) is 36.5 Å². The predicted molar refractivity (Wildman–Crippen MR) is 130 cm³/mol. The molecule has 0 saturated carbocycles. The van der Waals surface area contributed by atoms with Gasteiger partial charge in [0.15, 0.2) is 0 Å². The predicted octanol–water partition coefficient (Wildman–Crippen LogP) is 4.21. The fourth-order valence-corrected chi connectivity index (χ4v) is 4.31. The van der Waals surface area contributed by atoms with Crippen LogP contribution in [0.3, 0.4) is 0 Å². The number of carbonyl (C=O) groups excluding carboxylic acids is 3. The number of esters is 1. The number of carbonyl (C=O) groups is 3. The molecule has 34 heavy (non-hydrogen) atoms. The van der Waals surface area contributed by atoms with E-state index < -0.39 is 5.97 Å². The normalized spacial score (nSPS) is 15.9. The zero-order chi connectivity index (χ0) is 25.0. The Kier molecular flexibility index (Phi) is 8.49. The van der Waals surface area contributed by atoms with E-state index in [-0.39, 0.29) is 35.7 Å². The van der Waals surface area contributed by atoms with Crippen molar-refractivity contribution in [1.82, 2.24) is 19.8 Å². The Labute approximate surface area is 209 Å². The zero-order valence-corrected chi connectivity index (χ0v) is 21.2. The Hall–Kier alpha value is -2.71. The highest BCUT2D eigenvalue weighted by Gasteiger charge is 2.34. The lowest BCUT2D eigenvalue weighted by atomic mass is 10.0. The number of ether oxygens (including phenoxy) is 1. The van der Waals surface area contributed by atoms with Gasteiger partial charge in [0.05, 0.1) is 22.3 Å². The third kappa shape index (κ3) is 5.50. The summed E-state index contributed by atoms with van der Waals surface area (Å²) >= 11 is 12.0. The standard InChI is InChI=1S/C24H28Cl2N4O4/c1-5-7-19-20(24(33)34-6-2)21(28-15(4)27-19)23(32)29-10-11-30(14(3)13-29)22(31)16-8-9-17(25)18(26)12-16/h8-9,12,14H,5-7,10-11,13H2,1-4H3. The van der Waals surface area contributed by atoms with E-state index in [4.69, 9.17) is 27.9 Å². The lowest BCUT2D eigenvalue weighted by Gasteiger charge is -2.40. The summed E-state index contributed by atoms with van der Waals surface area (Å²) in [5.74, 6) is -0.745. The number of rotatable bonds is 6. The largest absolute Gasteiger partial charge is 0.462 e. The SMILES string of the molecule is CCCc1nc(C)nc(C(=O)N2CCN(C(=O)c3ccc(Cl)c(Cl)c3)C(C)C2)c1C(=O)OCC. The van der Waals surface area contributed by atoms with Crippen molar-refractivity contribution >= 4 is 41.0 Å². The van der Waals surface area contributed by atoms with E-state index in [1.54, 1.807) is 41.8 Å². The van der Waals surface area contributed by atoms with Gasteiger partial charge in [-0.15, -0.1) is 0 Å². The molecule has 0 aliphatic carbocycles. The van der Waals surface area contributed by atoms with Crippen molar-refractivity contribution in [3.63, 3.8) is 0 Å². The molecule has 1 aromatic carbocycles. The van der Waals surface area contributed by atoms with E-state index in [1.807, 2.05) is 13.8 Å². The van der Waals surface area contributed by atoms with Crippen molar-refractivity contribution in [2.24, 2.45) is 0 Å². The molecule has 0 radical (unpaired) electrons. The molecule has 0 spiro atoms. The third-order valence-corrected chi connectivity index (χ3v) is 6.35. The summed E-state index contributed by atoms with van der Waals surface area (Å²) in [4.78, 5) is 51.3. The van der Waals surface area contributed by atoms with Gasteiger partial charge >= 0.3 is 5.97 Å². The van der Waals surface area contributed by atoms with Crippen molar-refractivity contribution < 1.29 is 19.1 Å². The van der Waals surface area contributed by atoms with E-state index in [2.05, 4.69) is 9.97 Å². The van der Waals surface area contributed by atoms with Crippen molar-refractivity contribution in [3.05, 3.63) is 56.6 Å². The summed E-state index contributed by atoms with van der Waals surface area (Å²) in [6, 6.07) is 4.50. The Morgan fingerprint density at radius 3 is 2.44 bits per heavy atom. The quantitative estimate of drug-likeness (QED) is 0.544. The van der Waals surface area contributed by atoms with Gasteiger partial charge in [0.2, 0.25) is 0 Å². The van der Waals surface area contributed by atoms with Gasteiger partial charge in [-0.2, -0.15) is 0 Å². The summed E-state index contributed by atoms with van der Waals surface area (Å²) in [6.45, 7) is 8.34. The van der Waals surface area contributed by atoms with E-state index in [9.17, 15) is 14.4 Å². The van der Waals surface area contributed by atoms with Gasteiger partial charge in [-0.25, -0.2) is 14.8 Å². The molecule has 0 bridgehead atoms. The molecule has 2 amide bonds. The molecule has 10 heteroatoms. The number of aryl methyl sites for hydroxylation is 2. The minimum atomic E-state index is -0.601. The van der Waals surface area contributed by atoms with Crippen LogP contribution in [0.4, 0.5) is 0 Å². The van der Waals surface area contributed by atoms with Crippen molar-refractivity contribution in [2.75, 3.05) is 26.2 Å². The topological polar surface area (TPSA) is 92.7 Å². The number of nitrogens with zero attached hydrogens (tertiary/aromatic N) is 4. The van der Waals surface area contributed by atoms with Gasteiger partial charge in [-0.05, 0) is 45.4 Å². The van der Waals surface area contributed by atoms with Crippen LogP contribution < -0.4 is 0 Å². The molecule has 1 saturated heterocycles. The molecule has 1 aliphatic rings. The molecule has 1 aromatic heterocycles. The van der Waals surface area contributed by atoms with Crippen LogP contribution in [0.1, 0.15) is 69.9 Å². The Morgan fingerprint density at radius 1 is 1.09 bits per heavy atom. The molecule has 1 fully saturated rings. The lowest BCUT2D eigenvalue weighted by Crippen LogP contribution is -2.55. The number of amides is 2. The van der Waals surface area contributed by atoms with Gasteiger partial charge in [-0.3, -0.25) is 9.59 Å². The highest BCUT2D eigenvalue weighted by Crippen LogP contribution is 2.25. The zero-order valence-electron chi connectivity index (χ0n) is 19.7. The Balaban J connectivity index is 1.85. The molecule has 2 heterocycles. The maximum Gasteiger partial charge on any atom is 0.342 e. The summed E-state index contributed by atoms with van der Waals surface area (Å²) in [5.41, 5.74) is 1.12. The number of benzene rings is 1. The van der Waals surface area contributed by atoms with Crippen molar-refractivity contribution in [3.8, 4) is 0 Å². The second-order valence-corrected chi connectivity index (χ2v) is 8.95. The maximum absolute atomic E-state index is 13.5. The fraction of sp³-hybridized carbons (Fsp3) is 0.458. The van der Waals surface area contributed by atoms with Gasteiger partial charge < -0.3 is 14.5 Å². The lowest BCUT2D eigenvalue weighted by molar-refractivity contribution is 0.0405. The smallest absolute Gasteiger partial charge is 0.342 e. The van der Waals surface area contributed by atoms with Crippen LogP contribution in [0.5, 0.6) is 0 Å².